The van der Waals surface area contributed by atoms with Crippen LogP contribution in [0.3, 0.4) is 0 Å². The van der Waals surface area contributed by atoms with E-state index in [1.54, 1.807) is 4.90 Å². The van der Waals surface area contributed by atoms with E-state index in [1.165, 1.54) is 0 Å². The molecule has 12 heavy (non-hydrogen) atoms. The van der Waals surface area contributed by atoms with E-state index in [2.05, 4.69) is 18.7 Å². The average molecular weight is 172 g/mol. The van der Waals surface area contributed by atoms with Gasteiger partial charge in [0.1, 0.15) is 0 Å². The predicted octanol–water partition coefficient (Wildman–Crippen LogP) is 0.153. The summed E-state index contributed by atoms with van der Waals surface area (Å²) in [4.78, 5) is 4.05. The van der Waals surface area contributed by atoms with Gasteiger partial charge in [-0.05, 0) is 13.1 Å². The SMILES string of the molecule is CCN(CC)CCN(C)C(=N)N. The number of nitrogens with one attached hydrogen (secondary N) is 1. The van der Waals surface area contributed by atoms with Crippen LogP contribution in [0.25, 0.3) is 0 Å². The summed E-state index contributed by atoms with van der Waals surface area (Å²) >= 11 is 0. The first-order valence-corrected chi connectivity index (χ1v) is 4.39. The van der Waals surface area contributed by atoms with Gasteiger partial charge in [-0.3, -0.25) is 5.41 Å². The normalized spacial score (nSPS) is 10.3. The number of hydrogen-bond donors (Lipinski definition) is 2. The minimum atomic E-state index is 0.141. The largest absolute Gasteiger partial charge is 0.370 e. The van der Waals surface area contributed by atoms with Crippen molar-refractivity contribution in [2.24, 2.45) is 5.73 Å². The van der Waals surface area contributed by atoms with Crippen molar-refractivity contribution in [1.29, 1.82) is 5.41 Å². The topological polar surface area (TPSA) is 56.4 Å². The molecule has 0 aliphatic rings. The molecule has 0 aromatic carbocycles. The fourth-order valence-corrected chi connectivity index (χ4v) is 0.952. The highest BCUT2D eigenvalue weighted by Gasteiger charge is 2.02. The van der Waals surface area contributed by atoms with E-state index >= 15 is 0 Å². The second-order valence-corrected chi connectivity index (χ2v) is 2.83. The van der Waals surface area contributed by atoms with Gasteiger partial charge in [-0.2, -0.15) is 0 Å². The summed E-state index contributed by atoms with van der Waals surface area (Å²) in [7, 11) is 1.84. The molecule has 0 aliphatic carbocycles. The summed E-state index contributed by atoms with van der Waals surface area (Å²) in [6, 6.07) is 0. The number of rotatable bonds is 5. The lowest BCUT2D eigenvalue weighted by Crippen LogP contribution is -2.39. The first-order valence-electron chi connectivity index (χ1n) is 4.39. The Kier molecular flexibility index (Phi) is 5.45. The number of nitrogens with zero attached hydrogens (tertiary/aromatic N) is 2. The number of hydrogen-bond acceptors (Lipinski definition) is 2. The van der Waals surface area contributed by atoms with Crippen molar-refractivity contribution < 1.29 is 0 Å². The third-order valence-electron chi connectivity index (χ3n) is 2.06. The molecule has 0 bridgehead atoms. The molecule has 0 unspecified atom stereocenters. The van der Waals surface area contributed by atoms with Crippen LogP contribution in [0, 0.1) is 5.41 Å². The zero-order valence-electron chi connectivity index (χ0n) is 8.30. The third-order valence-corrected chi connectivity index (χ3v) is 2.06. The second kappa shape index (κ2) is 5.83. The maximum Gasteiger partial charge on any atom is 0.188 e. The van der Waals surface area contributed by atoms with Gasteiger partial charge in [0.05, 0.1) is 0 Å². The Labute approximate surface area is 74.8 Å². The molecule has 0 atom stereocenters. The average Bonchev–Trinajstić information content (AvgIpc) is 2.05. The summed E-state index contributed by atoms with van der Waals surface area (Å²) in [5.41, 5.74) is 5.30. The summed E-state index contributed by atoms with van der Waals surface area (Å²) < 4.78 is 0. The molecule has 0 radical (unpaired) electrons. The maximum absolute atomic E-state index is 7.14. The number of nitrogens with two attached hydrogens (primary N) is 1. The van der Waals surface area contributed by atoms with E-state index in [4.69, 9.17) is 11.1 Å². The van der Waals surface area contributed by atoms with Crippen molar-refractivity contribution >= 4 is 5.96 Å². The molecule has 3 N–H and O–H groups in total. The molecule has 4 nitrogen and oxygen atoms in total. The zero-order valence-corrected chi connectivity index (χ0v) is 8.30. The second-order valence-electron chi connectivity index (χ2n) is 2.83. The quantitative estimate of drug-likeness (QED) is 0.458. The molecular formula is C8H20N4. The van der Waals surface area contributed by atoms with Gasteiger partial charge in [-0.25, -0.2) is 0 Å². The van der Waals surface area contributed by atoms with Crippen molar-refractivity contribution in [2.75, 3.05) is 33.2 Å². The molecule has 0 rings (SSSR count). The lowest BCUT2D eigenvalue weighted by Gasteiger charge is -2.22. The van der Waals surface area contributed by atoms with Crippen molar-refractivity contribution in [2.45, 2.75) is 13.8 Å². The summed E-state index contributed by atoms with van der Waals surface area (Å²) in [5, 5.41) is 7.14. The van der Waals surface area contributed by atoms with Crippen molar-refractivity contribution in [3.63, 3.8) is 0 Å². The minimum Gasteiger partial charge on any atom is -0.370 e. The molecule has 0 aromatic heterocycles. The summed E-state index contributed by atoms with van der Waals surface area (Å²) in [6.45, 7) is 8.19. The fourth-order valence-electron chi connectivity index (χ4n) is 0.952. The molecule has 0 heterocycles. The zero-order chi connectivity index (χ0) is 9.56. The highest BCUT2D eigenvalue weighted by atomic mass is 15.2. The van der Waals surface area contributed by atoms with Gasteiger partial charge in [0.15, 0.2) is 5.96 Å². The van der Waals surface area contributed by atoms with Gasteiger partial charge in [0, 0.05) is 20.1 Å². The first kappa shape index (κ1) is 11.2. The van der Waals surface area contributed by atoms with Crippen LogP contribution < -0.4 is 5.73 Å². The first-order chi connectivity index (χ1) is 5.61. The van der Waals surface area contributed by atoms with Crippen LogP contribution in [0.2, 0.25) is 0 Å². The molecule has 0 saturated carbocycles. The summed E-state index contributed by atoms with van der Waals surface area (Å²) in [6.07, 6.45) is 0. The molecule has 0 aliphatic heterocycles. The van der Waals surface area contributed by atoms with Crippen LogP contribution in [0.1, 0.15) is 13.8 Å². The Morgan fingerprint density at radius 3 is 2.08 bits per heavy atom. The molecule has 4 heteroatoms. The minimum absolute atomic E-state index is 0.141. The Morgan fingerprint density at radius 2 is 1.75 bits per heavy atom. The predicted molar refractivity (Wildman–Crippen MR) is 52.3 cm³/mol. The smallest absolute Gasteiger partial charge is 0.188 e. The highest BCUT2D eigenvalue weighted by Crippen LogP contribution is 1.88. The lowest BCUT2D eigenvalue weighted by atomic mass is 10.4. The standard InChI is InChI=1S/C8H20N4/c1-4-12(5-2)7-6-11(3)8(9)10/h4-7H2,1-3H3,(H3,9,10). The van der Waals surface area contributed by atoms with Crippen LogP contribution in [0.4, 0.5) is 0 Å². The molecule has 0 amide bonds. The molecule has 0 aromatic rings. The van der Waals surface area contributed by atoms with Crippen molar-refractivity contribution in [3.05, 3.63) is 0 Å². The van der Waals surface area contributed by atoms with E-state index in [0.717, 1.165) is 26.2 Å². The van der Waals surface area contributed by atoms with E-state index < -0.39 is 0 Å². The molecule has 0 spiro atoms. The van der Waals surface area contributed by atoms with Gasteiger partial charge in [0.2, 0.25) is 0 Å². The van der Waals surface area contributed by atoms with Crippen molar-refractivity contribution in [1.82, 2.24) is 9.80 Å². The fraction of sp³-hybridized carbons (Fsp3) is 0.875. The van der Waals surface area contributed by atoms with Crippen molar-refractivity contribution in [3.8, 4) is 0 Å². The van der Waals surface area contributed by atoms with Gasteiger partial charge in [-0.15, -0.1) is 0 Å². The Balaban J connectivity index is 3.58. The van der Waals surface area contributed by atoms with E-state index in [9.17, 15) is 0 Å². The van der Waals surface area contributed by atoms with Crippen LogP contribution in [-0.2, 0) is 0 Å². The van der Waals surface area contributed by atoms with E-state index in [-0.39, 0.29) is 5.96 Å². The Morgan fingerprint density at radius 1 is 1.25 bits per heavy atom. The molecule has 72 valence electrons. The van der Waals surface area contributed by atoms with Crippen LogP contribution in [-0.4, -0.2) is 49.0 Å². The molecular weight excluding hydrogens is 152 g/mol. The van der Waals surface area contributed by atoms with Gasteiger partial charge in [0.25, 0.3) is 0 Å². The molecule has 0 fully saturated rings. The van der Waals surface area contributed by atoms with Crippen LogP contribution in [0.15, 0.2) is 0 Å². The van der Waals surface area contributed by atoms with Crippen LogP contribution >= 0.6 is 0 Å². The third kappa shape index (κ3) is 4.18. The number of likely N-dealkylation sites (N-methyl/N-ethyl adjacent to an activating group) is 2. The Hall–Kier alpha value is -0.770. The van der Waals surface area contributed by atoms with E-state index in [0.29, 0.717) is 0 Å². The van der Waals surface area contributed by atoms with Gasteiger partial charge >= 0.3 is 0 Å². The maximum atomic E-state index is 7.14. The Bertz CT molecular complexity index is 131. The monoisotopic (exact) mass is 172 g/mol. The van der Waals surface area contributed by atoms with Gasteiger partial charge < -0.3 is 15.5 Å². The van der Waals surface area contributed by atoms with E-state index in [1.807, 2.05) is 7.05 Å². The van der Waals surface area contributed by atoms with Crippen LogP contribution in [0.5, 0.6) is 0 Å². The lowest BCUT2D eigenvalue weighted by molar-refractivity contribution is 0.279. The summed E-state index contributed by atoms with van der Waals surface area (Å²) in [5.74, 6) is 0.141. The number of guanidine groups is 1. The highest BCUT2D eigenvalue weighted by molar-refractivity contribution is 5.74. The van der Waals surface area contributed by atoms with Gasteiger partial charge in [-0.1, -0.05) is 13.8 Å². The molecule has 0 saturated heterocycles.